The molecular formula is C14H12Br2ClNO. The molecule has 0 amide bonds. The van der Waals surface area contributed by atoms with Crippen LogP contribution in [0.5, 0.6) is 0 Å². The fourth-order valence-electron chi connectivity index (χ4n) is 1.73. The van der Waals surface area contributed by atoms with Crippen molar-refractivity contribution in [3.05, 3.63) is 62.0 Å². The molecule has 0 aliphatic carbocycles. The molecule has 2 rings (SSSR count). The first kappa shape index (κ1) is 14.9. The Morgan fingerprint density at radius 2 is 1.84 bits per heavy atom. The molecule has 0 aromatic heterocycles. The summed E-state index contributed by atoms with van der Waals surface area (Å²) in [6.45, 7) is -0.0146. The SMILES string of the molecule is OCC(Nc1ccccc1Br)c1ccc(Br)c(Cl)c1. The van der Waals surface area contributed by atoms with E-state index in [0.717, 1.165) is 20.2 Å². The average Bonchev–Trinajstić information content (AvgIpc) is 2.41. The molecule has 2 aromatic rings. The zero-order chi connectivity index (χ0) is 13.8. The summed E-state index contributed by atoms with van der Waals surface area (Å²) in [5.41, 5.74) is 1.87. The molecule has 0 aliphatic rings. The Labute approximate surface area is 134 Å². The molecule has 2 aromatic carbocycles. The van der Waals surface area contributed by atoms with Gasteiger partial charge in [-0.05, 0) is 61.7 Å². The van der Waals surface area contributed by atoms with Crippen molar-refractivity contribution in [2.24, 2.45) is 0 Å². The van der Waals surface area contributed by atoms with Crippen molar-refractivity contribution >= 4 is 49.1 Å². The molecule has 1 unspecified atom stereocenters. The standard InChI is InChI=1S/C14H12Br2ClNO/c15-10-6-5-9(7-12(10)17)14(8-19)18-13-4-2-1-3-11(13)16/h1-7,14,18-19H,8H2. The van der Waals surface area contributed by atoms with Gasteiger partial charge >= 0.3 is 0 Å². The number of nitrogens with one attached hydrogen (secondary N) is 1. The number of anilines is 1. The molecule has 19 heavy (non-hydrogen) atoms. The molecular weight excluding hydrogens is 393 g/mol. The molecule has 0 fully saturated rings. The van der Waals surface area contributed by atoms with Crippen LogP contribution < -0.4 is 5.32 Å². The molecule has 2 nitrogen and oxygen atoms in total. The second-order valence-electron chi connectivity index (χ2n) is 4.03. The maximum Gasteiger partial charge on any atom is 0.0745 e. The Hall–Kier alpha value is -0.550. The Morgan fingerprint density at radius 3 is 2.47 bits per heavy atom. The Bertz CT molecular complexity index is 577. The van der Waals surface area contributed by atoms with Gasteiger partial charge in [0.05, 0.1) is 17.7 Å². The summed E-state index contributed by atoms with van der Waals surface area (Å²) >= 11 is 12.9. The highest BCUT2D eigenvalue weighted by molar-refractivity contribution is 9.11. The van der Waals surface area contributed by atoms with Crippen LogP contribution in [0.25, 0.3) is 0 Å². The Morgan fingerprint density at radius 1 is 1.11 bits per heavy atom. The van der Waals surface area contributed by atoms with E-state index < -0.39 is 0 Å². The molecule has 0 saturated carbocycles. The van der Waals surface area contributed by atoms with Gasteiger partial charge in [-0.25, -0.2) is 0 Å². The number of hydrogen-bond donors (Lipinski definition) is 2. The summed E-state index contributed by atoms with van der Waals surface area (Å²) in [6, 6.07) is 13.2. The first-order chi connectivity index (χ1) is 9.11. The smallest absolute Gasteiger partial charge is 0.0745 e. The zero-order valence-electron chi connectivity index (χ0n) is 9.91. The number of para-hydroxylation sites is 1. The van der Waals surface area contributed by atoms with E-state index in [9.17, 15) is 5.11 Å². The van der Waals surface area contributed by atoms with Gasteiger partial charge in [0.2, 0.25) is 0 Å². The fourth-order valence-corrected chi connectivity index (χ4v) is 2.56. The molecule has 2 N–H and O–H groups in total. The maximum absolute atomic E-state index is 9.56. The van der Waals surface area contributed by atoms with Gasteiger partial charge in [0.1, 0.15) is 0 Å². The van der Waals surface area contributed by atoms with Gasteiger partial charge in [0.25, 0.3) is 0 Å². The van der Waals surface area contributed by atoms with E-state index in [1.807, 2.05) is 42.5 Å². The van der Waals surface area contributed by atoms with Gasteiger partial charge in [-0.3, -0.25) is 0 Å². The van der Waals surface area contributed by atoms with E-state index in [0.29, 0.717) is 5.02 Å². The average molecular weight is 406 g/mol. The van der Waals surface area contributed by atoms with Crippen LogP contribution in [0.1, 0.15) is 11.6 Å². The van der Waals surface area contributed by atoms with Crippen molar-refractivity contribution in [3.63, 3.8) is 0 Å². The number of rotatable bonds is 4. The molecule has 100 valence electrons. The molecule has 0 spiro atoms. The predicted molar refractivity (Wildman–Crippen MR) is 86.7 cm³/mol. The first-order valence-corrected chi connectivity index (χ1v) is 7.65. The number of aliphatic hydroxyl groups is 1. The lowest BCUT2D eigenvalue weighted by molar-refractivity contribution is 0.276. The van der Waals surface area contributed by atoms with E-state index in [1.165, 1.54) is 0 Å². The van der Waals surface area contributed by atoms with Crippen LogP contribution in [-0.2, 0) is 0 Å². The summed E-state index contributed by atoms with van der Waals surface area (Å²) in [4.78, 5) is 0. The van der Waals surface area contributed by atoms with Crippen LogP contribution in [-0.4, -0.2) is 11.7 Å². The second-order valence-corrected chi connectivity index (χ2v) is 6.15. The lowest BCUT2D eigenvalue weighted by Gasteiger charge is -2.19. The van der Waals surface area contributed by atoms with Gasteiger partial charge < -0.3 is 10.4 Å². The molecule has 0 saturated heterocycles. The van der Waals surface area contributed by atoms with Gasteiger partial charge in [0, 0.05) is 14.6 Å². The van der Waals surface area contributed by atoms with Crippen LogP contribution in [0.3, 0.4) is 0 Å². The topological polar surface area (TPSA) is 32.3 Å². The summed E-state index contributed by atoms with van der Waals surface area (Å²) in [5, 5.41) is 13.5. The van der Waals surface area contributed by atoms with E-state index in [-0.39, 0.29) is 12.6 Å². The van der Waals surface area contributed by atoms with Gasteiger partial charge in [-0.15, -0.1) is 0 Å². The normalized spacial score (nSPS) is 12.2. The van der Waals surface area contributed by atoms with Crippen molar-refractivity contribution in [1.29, 1.82) is 0 Å². The molecule has 0 radical (unpaired) electrons. The van der Waals surface area contributed by atoms with Crippen molar-refractivity contribution in [3.8, 4) is 0 Å². The summed E-state index contributed by atoms with van der Waals surface area (Å²) in [7, 11) is 0. The second kappa shape index (κ2) is 6.75. The van der Waals surface area contributed by atoms with Crippen LogP contribution in [0, 0.1) is 0 Å². The lowest BCUT2D eigenvalue weighted by atomic mass is 10.1. The molecule has 5 heteroatoms. The quantitative estimate of drug-likeness (QED) is 0.749. The molecule has 0 heterocycles. The Balaban J connectivity index is 2.25. The summed E-state index contributed by atoms with van der Waals surface area (Å²) in [6.07, 6.45) is 0. The minimum Gasteiger partial charge on any atom is -0.394 e. The highest BCUT2D eigenvalue weighted by Gasteiger charge is 2.12. The fraction of sp³-hybridized carbons (Fsp3) is 0.143. The summed E-state index contributed by atoms with van der Waals surface area (Å²) < 4.78 is 1.80. The monoisotopic (exact) mass is 403 g/mol. The van der Waals surface area contributed by atoms with E-state index in [2.05, 4.69) is 37.2 Å². The number of hydrogen-bond acceptors (Lipinski definition) is 2. The van der Waals surface area contributed by atoms with E-state index in [4.69, 9.17) is 11.6 Å². The predicted octanol–water partition coefficient (Wildman–Crippen LogP) is 5.01. The van der Waals surface area contributed by atoms with E-state index >= 15 is 0 Å². The van der Waals surface area contributed by atoms with Crippen LogP contribution >= 0.6 is 43.5 Å². The van der Waals surface area contributed by atoms with Crippen LogP contribution in [0.4, 0.5) is 5.69 Å². The number of aliphatic hydroxyl groups excluding tert-OH is 1. The first-order valence-electron chi connectivity index (χ1n) is 5.68. The lowest BCUT2D eigenvalue weighted by Crippen LogP contribution is -2.15. The maximum atomic E-state index is 9.56. The largest absolute Gasteiger partial charge is 0.394 e. The van der Waals surface area contributed by atoms with Crippen LogP contribution in [0.2, 0.25) is 5.02 Å². The minimum atomic E-state index is -0.204. The van der Waals surface area contributed by atoms with Crippen molar-refractivity contribution < 1.29 is 5.11 Å². The molecule has 1 atom stereocenters. The van der Waals surface area contributed by atoms with E-state index in [1.54, 1.807) is 0 Å². The molecule has 0 aliphatic heterocycles. The van der Waals surface area contributed by atoms with Crippen molar-refractivity contribution in [1.82, 2.24) is 0 Å². The third kappa shape index (κ3) is 3.72. The highest BCUT2D eigenvalue weighted by atomic mass is 79.9. The van der Waals surface area contributed by atoms with Crippen LogP contribution in [0.15, 0.2) is 51.4 Å². The zero-order valence-corrected chi connectivity index (χ0v) is 13.8. The Kier molecular flexibility index (Phi) is 5.28. The summed E-state index contributed by atoms with van der Waals surface area (Å²) in [5.74, 6) is 0. The highest BCUT2D eigenvalue weighted by Crippen LogP contribution is 2.29. The van der Waals surface area contributed by atoms with Crippen molar-refractivity contribution in [2.75, 3.05) is 11.9 Å². The third-order valence-corrected chi connectivity index (χ3v) is 4.66. The third-order valence-electron chi connectivity index (χ3n) is 2.73. The number of benzene rings is 2. The van der Waals surface area contributed by atoms with Crippen molar-refractivity contribution in [2.45, 2.75) is 6.04 Å². The van der Waals surface area contributed by atoms with Gasteiger partial charge in [0.15, 0.2) is 0 Å². The van der Waals surface area contributed by atoms with Gasteiger partial charge in [-0.2, -0.15) is 0 Å². The molecule has 0 bridgehead atoms. The minimum absolute atomic E-state index is 0.0146. The number of halogens is 3. The van der Waals surface area contributed by atoms with Gasteiger partial charge in [-0.1, -0.05) is 29.8 Å².